The summed E-state index contributed by atoms with van der Waals surface area (Å²) >= 11 is 5.67. The SMILES string of the molecule is Cc1cc(N(C(=O)C(=O)Cl)c2c(C)c(C)c(C)c(C)c2C)c(C)c(C)c1C. The number of amides is 1. The molecule has 27 heavy (non-hydrogen) atoms. The third-order valence-corrected chi connectivity index (χ3v) is 6.41. The highest BCUT2D eigenvalue weighted by atomic mass is 35.5. The van der Waals surface area contributed by atoms with Gasteiger partial charge in [0.05, 0.1) is 11.4 Å². The Kier molecular flexibility index (Phi) is 5.86. The molecule has 0 atom stereocenters. The van der Waals surface area contributed by atoms with Crippen molar-refractivity contribution in [2.75, 3.05) is 4.90 Å². The van der Waals surface area contributed by atoms with Crippen LogP contribution in [0.2, 0.25) is 0 Å². The van der Waals surface area contributed by atoms with Gasteiger partial charge in [-0.05, 0) is 130 Å². The van der Waals surface area contributed by atoms with Crippen molar-refractivity contribution in [2.45, 2.75) is 62.3 Å². The first kappa shape index (κ1) is 21.2. The molecule has 0 saturated carbocycles. The predicted molar refractivity (Wildman–Crippen MR) is 114 cm³/mol. The van der Waals surface area contributed by atoms with Crippen molar-refractivity contribution in [2.24, 2.45) is 0 Å². The Balaban J connectivity index is 2.98. The first-order valence-electron chi connectivity index (χ1n) is 9.10. The first-order valence-corrected chi connectivity index (χ1v) is 9.47. The van der Waals surface area contributed by atoms with Crippen molar-refractivity contribution < 1.29 is 9.59 Å². The van der Waals surface area contributed by atoms with Gasteiger partial charge in [0.15, 0.2) is 0 Å². The normalized spacial score (nSPS) is 10.9. The summed E-state index contributed by atoms with van der Waals surface area (Å²) in [6.45, 7) is 18.3. The Morgan fingerprint density at radius 3 is 1.52 bits per heavy atom. The van der Waals surface area contributed by atoms with E-state index in [1.807, 2.05) is 54.5 Å². The third-order valence-electron chi connectivity index (χ3n) is 6.25. The second-order valence-electron chi connectivity index (χ2n) is 7.48. The molecule has 0 N–H and O–H groups in total. The van der Waals surface area contributed by atoms with Gasteiger partial charge in [-0.15, -0.1) is 0 Å². The van der Waals surface area contributed by atoms with E-state index in [0.717, 1.165) is 44.6 Å². The lowest BCUT2D eigenvalue weighted by atomic mass is 9.91. The van der Waals surface area contributed by atoms with Crippen molar-refractivity contribution in [1.82, 2.24) is 0 Å². The van der Waals surface area contributed by atoms with E-state index < -0.39 is 11.1 Å². The number of carbonyl (C=O) groups is 2. The van der Waals surface area contributed by atoms with E-state index in [2.05, 4.69) is 13.8 Å². The van der Waals surface area contributed by atoms with E-state index >= 15 is 0 Å². The minimum atomic E-state index is -0.986. The summed E-state index contributed by atoms with van der Waals surface area (Å²) in [6.07, 6.45) is 0. The lowest BCUT2D eigenvalue weighted by Crippen LogP contribution is -2.33. The fraction of sp³-hybridized carbons (Fsp3) is 0.391. The van der Waals surface area contributed by atoms with Crippen LogP contribution in [0, 0.1) is 62.3 Å². The Morgan fingerprint density at radius 2 is 1.07 bits per heavy atom. The number of hydrogen-bond acceptors (Lipinski definition) is 2. The van der Waals surface area contributed by atoms with Crippen molar-refractivity contribution >= 4 is 34.1 Å². The molecule has 0 aliphatic carbocycles. The van der Waals surface area contributed by atoms with Gasteiger partial charge in [-0.2, -0.15) is 0 Å². The summed E-state index contributed by atoms with van der Waals surface area (Å²) in [4.78, 5) is 26.4. The summed E-state index contributed by atoms with van der Waals surface area (Å²) < 4.78 is 0. The molecule has 0 bridgehead atoms. The monoisotopic (exact) mass is 385 g/mol. The van der Waals surface area contributed by atoms with Crippen LogP contribution in [-0.4, -0.2) is 11.1 Å². The molecule has 0 radical (unpaired) electrons. The predicted octanol–water partition coefficient (Wildman–Crippen LogP) is 5.89. The number of halogens is 1. The zero-order valence-corrected chi connectivity index (χ0v) is 18.5. The highest BCUT2D eigenvalue weighted by molar-refractivity contribution is 6.82. The number of anilines is 2. The zero-order chi connectivity index (χ0) is 20.8. The smallest absolute Gasteiger partial charge is 0.272 e. The Hall–Kier alpha value is -2.13. The largest absolute Gasteiger partial charge is 0.315 e. The minimum absolute atomic E-state index is 0.712. The van der Waals surface area contributed by atoms with Crippen LogP contribution >= 0.6 is 11.6 Å². The second kappa shape index (κ2) is 7.47. The molecule has 3 nitrogen and oxygen atoms in total. The fourth-order valence-electron chi connectivity index (χ4n) is 3.66. The summed E-state index contributed by atoms with van der Waals surface area (Å²) in [5, 5.41) is -0.986. The molecule has 0 aliphatic rings. The van der Waals surface area contributed by atoms with E-state index in [9.17, 15) is 9.59 Å². The average molecular weight is 386 g/mol. The number of aryl methyl sites for hydroxylation is 1. The maximum absolute atomic E-state index is 13.0. The molecule has 0 heterocycles. The topological polar surface area (TPSA) is 37.4 Å². The van der Waals surface area contributed by atoms with Crippen LogP contribution in [0.5, 0.6) is 0 Å². The standard InChI is InChI=1S/C23H28ClNO2/c1-11-10-20(17(7)13(3)12(11)2)25(23(27)22(24)26)21-18(8)15(5)14(4)16(6)19(21)9/h10H,1-9H3. The van der Waals surface area contributed by atoms with E-state index in [0.29, 0.717) is 5.69 Å². The highest BCUT2D eigenvalue weighted by Crippen LogP contribution is 2.40. The summed E-state index contributed by atoms with van der Waals surface area (Å²) in [6, 6.07) is 1.97. The minimum Gasteiger partial charge on any atom is -0.272 e. The quantitative estimate of drug-likeness (QED) is 0.487. The highest BCUT2D eigenvalue weighted by Gasteiger charge is 2.30. The molecule has 0 fully saturated rings. The second-order valence-corrected chi connectivity index (χ2v) is 7.82. The molecule has 0 saturated heterocycles. The first-order chi connectivity index (χ1) is 12.4. The van der Waals surface area contributed by atoms with Gasteiger partial charge in [0.25, 0.3) is 0 Å². The Labute approximate surface area is 167 Å². The summed E-state index contributed by atoms with van der Waals surface area (Å²) in [5.74, 6) is -0.726. The lowest BCUT2D eigenvalue weighted by molar-refractivity contribution is -0.131. The average Bonchev–Trinajstić information content (AvgIpc) is 2.63. The molecule has 4 heteroatoms. The van der Waals surface area contributed by atoms with E-state index in [-0.39, 0.29) is 0 Å². The van der Waals surface area contributed by atoms with Crippen LogP contribution in [0.15, 0.2) is 6.07 Å². The lowest BCUT2D eigenvalue weighted by Gasteiger charge is -2.30. The number of benzene rings is 2. The van der Waals surface area contributed by atoms with Crippen LogP contribution in [0.25, 0.3) is 0 Å². The van der Waals surface area contributed by atoms with Crippen molar-refractivity contribution in [3.63, 3.8) is 0 Å². The van der Waals surface area contributed by atoms with Crippen LogP contribution in [0.4, 0.5) is 11.4 Å². The molecular weight excluding hydrogens is 358 g/mol. The van der Waals surface area contributed by atoms with Gasteiger partial charge in [0.1, 0.15) is 0 Å². The molecular formula is C23H28ClNO2. The molecule has 0 aromatic heterocycles. The third kappa shape index (κ3) is 3.41. The van der Waals surface area contributed by atoms with Crippen LogP contribution in [0.1, 0.15) is 50.1 Å². The molecule has 0 spiro atoms. The number of hydrogen-bond donors (Lipinski definition) is 0. The maximum Gasteiger partial charge on any atom is 0.315 e. The van der Waals surface area contributed by atoms with Gasteiger partial charge in [0, 0.05) is 0 Å². The van der Waals surface area contributed by atoms with Crippen molar-refractivity contribution in [1.29, 1.82) is 0 Å². The van der Waals surface area contributed by atoms with Gasteiger partial charge >= 0.3 is 11.1 Å². The van der Waals surface area contributed by atoms with E-state index in [1.54, 1.807) is 0 Å². The Bertz CT molecular complexity index is 944. The molecule has 1 amide bonds. The van der Waals surface area contributed by atoms with Crippen LogP contribution in [-0.2, 0) is 9.59 Å². The van der Waals surface area contributed by atoms with E-state index in [4.69, 9.17) is 11.6 Å². The molecule has 0 unspecified atom stereocenters. The zero-order valence-electron chi connectivity index (χ0n) is 17.7. The van der Waals surface area contributed by atoms with Gasteiger partial charge in [0.2, 0.25) is 0 Å². The fourth-order valence-corrected chi connectivity index (χ4v) is 3.74. The van der Waals surface area contributed by atoms with Crippen molar-refractivity contribution in [3.05, 3.63) is 56.1 Å². The molecule has 0 aliphatic heterocycles. The molecule has 2 aromatic carbocycles. The van der Waals surface area contributed by atoms with Gasteiger partial charge in [-0.25, -0.2) is 0 Å². The Morgan fingerprint density at radius 1 is 0.667 bits per heavy atom. The van der Waals surface area contributed by atoms with E-state index in [1.165, 1.54) is 16.0 Å². The van der Waals surface area contributed by atoms with Crippen LogP contribution in [0.3, 0.4) is 0 Å². The molecule has 2 rings (SSSR count). The number of nitrogens with zero attached hydrogens (tertiary/aromatic N) is 1. The number of carbonyl (C=O) groups excluding carboxylic acids is 2. The van der Waals surface area contributed by atoms with Crippen LogP contribution < -0.4 is 4.90 Å². The maximum atomic E-state index is 13.0. The summed E-state index contributed by atoms with van der Waals surface area (Å²) in [7, 11) is 0. The van der Waals surface area contributed by atoms with Gasteiger partial charge in [-0.1, -0.05) is 0 Å². The van der Waals surface area contributed by atoms with Crippen molar-refractivity contribution in [3.8, 4) is 0 Å². The molecule has 144 valence electrons. The van der Waals surface area contributed by atoms with Gasteiger partial charge in [-0.3, -0.25) is 14.5 Å². The molecule has 2 aromatic rings. The summed E-state index contributed by atoms with van der Waals surface area (Å²) in [5.41, 5.74) is 11.2. The van der Waals surface area contributed by atoms with Gasteiger partial charge < -0.3 is 0 Å². The number of rotatable bonds is 3.